The third-order valence-corrected chi connectivity index (χ3v) is 4.78. The maximum absolute atomic E-state index is 12.3. The first-order valence-corrected chi connectivity index (χ1v) is 8.03. The number of fused-ring (bicyclic) bond motifs is 1. The van der Waals surface area contributed by atoms with Gasteiger partial charge in [-0.3, -0.25) is 14.9 Å². The summed E-state index contributed by atoms with van der Waals surface area (Å²) in [4.78, 5) is 29.2. The van der Waals surface area contributed by atoms with Gasteiger partial charge in [0, 0.05) is 12.1 Å². The highest BCUT2D eigenvalue weighted by Crippen LogP contribution is 2.26. The van der Waals surface area contributed by atoms with Crippen molar-refractivity contribution in [2.45, 2.75) is 26.7 Å². The second kappa shape index (κ2) is 5.88. The van der Waals surface area contributed by atoms with E-state index in [1.165, 1.54) is 11.3 Å². The van der Waals surface area contributed by atoms with Crippen molar-refractivity contribution in [2.24, 2.45) is 0 Å². The molecule has 0 saturated heterocycles. The lowest BCUT2D eigenvalue weighted by atomic mass is 10.1. The van der Waals surface area contributed by atoms with Crippen LogP contribution in [0.1, 0.15) is 43.3 Å². The molecule has 0 radical (unpaired) electrons. The first-order valence-electron chi connectivity index (χ1n) is 7.21. The molecule has 1 aliphatic rings. The summed E-state index contributed by atoms with van der Waals surface area (Å²) >= 11 is 1.23. The highest BCUT2D eigenvalue weighted by atomic mass is 32.1. The van der Waals surface area contributed by atoms with Crippen LogP contribution in [0.25, 0.3) is 0 Å². The molecular weight excluding hydrogens is 298 g/mol. The molecule has 114 valence electrons. The fourth-order valence-electron chi connectivity index (χ4n) is 2.34. The molecule has 0 fully saturated rings. The quantitative estimate of drug-likeness (QED) is 0.895. The van der Waals surface area contributed by atoms with Crippen molar-refractivity contribution in [1.29, 1.82) is 0 Å². The molecular formula is C16H17N3O2S. The van der Waals surface area contributed by atoms with Gasteiger partial charge in [-0.25, -0.2) is 4.98 Å². The zero-order valence-corrected chi connectivity index (χ0v) is 13.3. The molecule has 1 aromatic carbocycles. The standard InChI is InChI=1S/C16H17N3O2S/c1-9-5-6-11(8-10(9)2)14(20)19-16-18-12-4-3-7-17-15(21)13(12)22-16/h5-6,8H,3-4,7H2,1-2H3,(H,17,21)(H,18,19,20). The third-order valence-electron chi connectivity index (χ3n) is 3.77. The van der Waals surface area contributed by atoms with Crippen molar-refractivity contribution in [3.05, 3.63) is 45.5 Å². The number of hydrogen-bond acceptors (Lipinski definition) is 4. The van der Waals surface area contributed by atoms with Crippen LogP contribution in [0.2, 0.25) is 0 Å². The summed E-state index contributed by atoms with van der Waals surface area (Å²) in [5.74, 6) is -0.302. The topological polar surface area (TPSA) is 71.1 Å². The number of nitrogens with zero attached hydrogens (tertiary/aromatic N) is 1. The van der Waals surface area contributed by atoms with E-state index in [-0.39, 0.29) is 11.8 Å². The number of nitrogens with one attached hydrogen (secondary N) is 2. The number of amides is 2. The van der Waals surface area contributed by atoms with Crippen LogP contribution in [0.4, 0.5) is 5.13 Å². The average molecular weight is 315 g/mol. The van der Waals surface area contributed by atoms with Crippen molar-refractivity contribution >= 4 is 28.3 Å². The average Bonchev–Trinajstić information content (AvgIpc) is 2.81. The lowest BCUT2D eigenvalue weighted by Gasteiger charge is -2.05. The molecule has 2 amide bonds. The molecule has 3 rings (SSSR count). The minimum atomic E-state index is -0.201. The van der Waals surface area contributed by atoms with Crippen molar-refractivity contribution < 1.29 is 9.59 Å². The van der Waals surface area contributed by atoms with Crippen LogP contribution in [-0.2, 0) is 6.42 Å². The van der Waals surface area contributed by atoms with Crippen LogP contribution in [-0.4, -0.2) is 23.3 Å². The second-order valence-electron chi connectivity index (χ2n) is 5.41. The Morgan fingerprint density at radius 2 is 2.14 bits per heavy atom. The Morgan fingerprint density at radius 3 is 2.91 bits per heavy atom. The normalized spacial score (nSPS) is 14.0. The Hall–Kier alpha value is -2.21. The summed E-state index contributed by atoms with van der Waals surface area (Å²) < 4.78 is 0. The predicted molar refractivity (Wildman–Crippen MR) is 86.6 cm³/mol. The Labute approximate surface area is 132 Å². The van der Waals surface area contributed by atoms with Crippen LogP contribution in [0, 0.1) is 13.8 Å². The molecule has 2 aromatic rings. The molecule has 0 saturated carbocycles. The molecule has 1 aromatic heterocycles. The van der Waals surface area contributed by atoms with Crippen molar-refractivity contribution in [3.63, 3.8) is 0 Å². The molecule has 2 N–H and O–H groups in total. The number of carbonyl (C=O) groups excluding carboxylic acids is 2. The second-order valence-corrected chi connectivity index (χ2v) is 6.41. The number of aromatic nitrogens is 1. The van der Waals surface area contributed by atoms with Crippen molar-refractivity contribution in [3.8, 4) is 0 Å². The van der Waals surface area contributed by atoms with Gasteiger partial charge in [-0.15, -0.1) is 0 Å². The van der Waals surface area contributed by atoms with E-state index < -0.39 is 0 Å². The number of thiazole rings is 1. The summed E-state index contributed by atoms with van der Waals surface area (Å²) in [6.45, 7) is 4.65. The summed E-state index contributed by atoms with van der Waals surface area (Å²) in [6, 6.07) is 5.58. The van der Waals surface area contributed by atoms with Crippen LogP contribution in [0.15, 0.2) is 18.2 Å². The molecule has 2 heterocycles. The molecule has 0 aliphatic carbocycles. The van der Waals surface area contributed by atoms with E-state index in [0.717, 1.165) is 29.7 Å². The van der Waals surface area contributed by atoms with Gasteiger partial charge in [0.2, 0.25) is 0 Å². The van der Waals surface area contributed by atoms with Gasteiger partial charge in [-0.1, -0.05) is 17.4 Å². The highest BCUT2D eigenvalue weighted by Gasteiger charge is 2.21. The summed E-state index contributed by atoms with van der Waals surface area (Å²) in [5.41, 5.74) is 3.59. The van der Waals surface area contributed by atoms with E-state index in [1.807, 2.05) is 26.0 Å². The molecule has 0 spiro atoms. The van der Waals surface area contributed by atoms with E-state index >= 15 is 0 Å². The lowest BCUT2D eigenvalue weighted by molar-refractivity contribution is 0.0958. The van der Waals surface area contributed by atoms with Gasteiger partial charge in [-0.2, -0.15) is 0 Å². The number of hydrogen-bond donors (Lipinski definition) is 2. The largest absolute Gasteiger partial charge is 0.351 e. The van der Waals surface area contributed by atoms with Crippen molar-refractivity contribution in [1.82, 2.24) is 10.3 Å². The van der Waals surface area contributed by atoms with E-state index in [0.29, 0.717) is 22.1 Å². The zero-order valence-electron chi connectivity index (χ0n) is 12.5. The van der Waals surface area contributed by atoms with E-state index in [9.17, 15) is 9.59 Å². The Morgan fingerprint density at radius 1 is 1.32 bits per heavy atom. The smallest absolute Gasteiger partial charge is 0.263 e. The maximum Gasteiger partial charge on any atom is 0.263 e. The maximum atomic E-state index is 12.3. The van der Waals surface area contributed by atoms with Gasteiger partial charge in [0.15, 0.2) is 5.13 Å². The highest BCUT2D eigenvalue weighted by molar-refractivity contribution is 7.17. The summed E-state index contributed by atoms with van der Waals surface area (Å²) in [6.07, 6.45) is 1.62. The number of rotatable bonds is 2. The molecule has 6 heteroatoms. The predicted octanol–water partition coefficient (Wildman–Crippen LogP) is 2.69. The monoisotopic (exact) mass is 315 g/mol. The first kappa shape index (κ1) is 14.7. The van der Waals surface area contributed by atoms with Gasteiger partial charge in [0.05, 0.1) is 5.69 Å². The SMILES string of the molecule is Cc1ccc(C(=O)Nc2nc3c(s2)C(=O)NCCC3)cc1C. The van der Waals surface area contributed by atoms with E-state index in [1.54, 1.807) is 6.07 Å². The van der Waals surface area contributed by atoms with Gasteiger partial charge in [-0.05, 0) is 49.9 Å². The molecule has 0 bridgehead atoms. The summed E-state index contributed by atoms with van der Waals surface area (Å²) in [7, 11) is 0. The molecule has 5 nitrogen and oxygen atoms in total. The summed E-state index contributed by atoms with van der Waals surface area (Å²) in [5, 5.41) is 6.10. The Bertz CT molecular complexity index is 752. The first-order chi connectivity index (χ1) is 10.5. The molecule has 22 heavy (non-hydrogen) atoms. The number of carbonyl (C=O) groups is 2. The minimum absolute atomic E-state index is 0.100. The van der Waals surface area contributed by atoms with Crippen LogP contribution >= 0.6 is 11.3 Å². The van der Waals surface area contributed by atoms with Gasteiger partial charge in [0.1, 0.15) is 4.88 Å². The van der Waals surface area contributed by atoms with E-state index in [4.69, 9.17) is 0 Å². The van der Waals surface area contributed by atoms with Crippen molar-refractivity contribution in [2.75, 3.05) is 11.9 Å². The van der Waals surface area contributed by atoms with Crippen LogP contribution < -0.4 is 10.6 Å². The third kappa shape index (κ3) is 2.87. The Balaban J connectivity index is 1.81. The van der Waals surface area contributed by atoms with E-state index in [2.05, 4.69) is 15.6 Å². The molecule has 1 aliphatic heterocycles. The molecule has 0 atom stereocenters. The fourth-order valence-corrected chi connectivity index (χ4v) is 3.27. The zero-order chi connectivity index (χ0) is 15.7. The number of anilines is 1. The van der Waals surface area contributed by atoms with Crippen LogP contribution in [0.5, 0.6) is 0 Å². The van der Waals surface area contributed by atoms with Gasteiger partial charge >= 0.3 is 0 Å². The molecule has 0 unspecified atom stereocenters. The van der Waals surface area contributed by atoms with Gasteiger partial charge < -0.3 is 5.32 Å². The number of aryl methyl sites for hydroxylation is 3. The Kier molecular flexibility index (Phi) is 3.94. The van der Waals surface area contributed by atoms with Gasteiger partial charge in [0.25, 0.3) is 11.8 Å². The fraction of sp³-hybridized carbons (Fsp3) is 0.312. The lowest BCUT2D eigenvalue weighted by Crippen LogP contribution is -2.21. The minimum Gasteiger partial charge on any atom is -0.351 e. The van der Waals surface area contributed by atoms with Crippen LogP contribution in [0.3, 0.4) is 0 Å². The number of benzene rings is 1.